The maximum absolute atomic E-state index is 12.8. The van der Waals surface area contributed by atoms with Crippen LogP contribution in [0.3, 0.4) is 0 Å². The Bertz CT molecular complexity index is 1040. The van der Waals surface area contributed by atoms with Crippen LogP contribution in [0, 0.1) is 0 Å². The minimum atomic E-state index is -0.393. The van der Waals surface area contributed by atoms with Gasteiger partial charge >= 0.3 is 11.7 Å². The van der Waals surface area contributed by atoms with E-state index in [1.54, 1.807) is 24.2 Å². The predicted octanol–water partition coefficient (Wildman–Crippen LogP) is 2.36. The summed E-state index contributed by atoms with van der Waals surface area (Å²) < 4.78 is 2.57. The summed E-state index contributed by atoms with van der Waals surface area (Å²) in [7, 11) is 1.63. The monoisotopic (exact) mass is 349 g/mol. The highest BCUT2D eigenvalue weighted by Gasteiger charge is 2.25. The lowest BCUT2D eigenvalue weighted by molar-refractivity contribution is 0.210. The Labute approximate surface area is 150 Å². The van der Waals surface area contributed by atoms with E-state index in [9.17, 15) is 9.59 Å². The summed E-state index contributed by atoms with van der Waals surface area (Å²) in [5.74, 6) is 0.454. The van der Waals surface area contributed by atoms with E-state index in [2.05, 4.69) is 9.97 Å². The molecular weight excluding hydrogens is 330 g/mol. The molecule has 0 aliphatic carbocycles. The topological polar surface area (TPSA) is 73.0 Å². The van der Waals surface area contributed by atoms with Crippen molar-refractivity contribution in [2.75, 3.05) is 13.1 Å². The Kier molecular flexibility index (Phi) is 4.12. The summed E-state index contributed by atoms with van der Waals surface area (Å²) in [5, 5.41) is 0. The maximum atomic E-state index is 12.8. The van der Waals surface area contributed by atoms with Crippen molar-refractivity contribution in [3.05, 3.63) is 58.4 Å². The van der Waals surface area contributed by atoms with Crippen LogP contribution in [0.15, 0.2) is 41.3 Å². The minimum absolute atomic E-state index is 0.310. The van der Waals surface area contributed by atoms with Gasteiger partial charge in [-0.15, -0.1) is 0 Å². The van der Waals surface area contributed by atoms with Crippen molar-refractivity contribution in [2.24, 2.45) is 7.05 Å². The van der Waals surface area contributed by atoms with Crippen LogP contribution in [-0.2, 0) is 7.05 Å². The van der Waals surface area contributed by atoms with E-state index in [-0.39, 0.29) is 6.03 Å². The number of aryl methyl sites for hydroxylation is 1. The van der Waals surface area contributed by atoms with Crippen LogP contribution in [0.25, 0.3) is 23.3 Å². The van der Waals surface area contributed by atoms with Gasteiger partial charge in [0.1, 0.15) is 5.52 Å². The fourth-order valence-corrected chi connectivity index (χ4v) is 3.16. The third-order valence-corrected chi connectivity index (χ3v) is 4.61. The highest BCUT2D eigenvalue weighted by molar-refractivity contribution is 5.87. The molecule has 0 atom stereocenters. The Hall–Kier alpha value is -3.22. The molecule has 0 N–H and O–H groups in total. The molecule has 0 spiro atoms. The molecule has 0 unspecified atom stereocenters. The molecule has 1 aliphatic rings. The first-order chi connectivity index (χ1) is 12.6. The molecule has 7 nitrogen and oxygen atoms in total. The first-order valence-electron chi connectivity index (χ1n) is 8.62. The molecule has 3 heterocycles. The van der Waals surface area contributed by atoms with Crippen molar-refractivity contribution in [3.8, 4) is 0 Å². The number of likely N-dealkylation sites (tertiary alicyclic amines) is 1. The molecule has 0 bridgehead atoms. The largest absolute Gasteiger partial charge is 0.338 e. The van der Waals surface area contributed by atoms with Crippen molar-refractivity contribution in [3.63, 3.8) is 0 Å². The standard InChI is InChI=1S/C19H19N5O2/c1-22-15-13-20-16(10-9-14-7-3-2-4-8-14)21-17(15)24(18(22)25)19(26)23-11-5-6-12-23/h2-4,7-10,13H,5-6,11-12H2,1H3/b10-9+. The summed E-state index contributed by atoms with van der Waals surface area (Å²) >= 11 is 0. The average Bonchev–Trinajstić information content (AvgIpc) is 3.29. The molecule has 3 aromatic rings. The van der Waals surface area contributed by atoms with Gasteiger partial charge < -0.3 is 4.90 Å². The number of hydrogen-bond donors (Lipinski definition) is 0. The van der Waals surface area contributed by atoms with Crippen LogP contribution in [0.1, 0.15) is 24.2 Å². The van der Waals surface area contributed by atoms with Crippen LogP contribution in [-0.4, -0.2) is 43.1 Å². The number of carbonyl (C=O) groups excluding carboxylic acids is 1. The zero-order valence-electron chi connectivity index (χ0n) is 14.5. The van der Waals surface area contributed by atoms with Crippen molar-refractivity contribution in [1.82, 2.24) is 24.0 Å². The Balaban J connectivity index is 1.77. The van der Waals surface area contributed by atoms with Crippen LogP contribution in [0.2, 0.25) is 0 Å². The minimum Gasteiger partial charge on any atom is -0.324 e. The number of aromatic nitrogens is 4. The predicted molar refractivity (Wildman–Crippen MR) is 99.7 cm³/mol. The van der Waals surface area contributed by atoms with Crippen molar-refractivity contribution in [1.29, 1.82) is 0 Å². The lowest BCUT2D eigenvalue weighted by atomic mass is 10.2. The molecule has 1 amide bonds. The van der Waals surface area contributed by atoms with Gasteiger partial charge in [0.2, 0.25) is 0 Å². The van der Waals surface area contributed by atoms with Gasteiger partial charge in [-0.2, -0.15) is 4.57 Å². The normalized spacial score (nSPS) is 14.6. The number of imidazole rings is 1. The molecule has 1 fully saturated rings. The maximum Gasteiger partial charge on any atom is 0.338 e. The van der Waals surface area contributed by atoms with Crippen molar-refractivity contribution in [2.45, 2.75) is 12.8 Å². The fraction of sp³-hybridized carbons (Fsp3) is 0.263. The van der Waals surface area contributed by atoms with Crippen LogP contribution in [0.5, 0.6) is 0 Å². The SMILES string of the molecule is Cn1c(=O)n(C(=O)N2CCCC2)c2nc(/C=C/c3ccccc3)ncc21. The second-order valence-electron chi connectivity index (χ2n) is 6.33. The number of rotatable bonds is 2. The highest BCUT2D eigenvalue weighted by atomic mass is 16.2. The van der Waals surface area contributed by atoms with Crippen LogP contribution in [0.4, 0.5) is 4.79 Å². The smallest absolute Gasteiger partial charge is 0.324 e. The van der Waals surface area contributed by atoms with Crippen LogP contribution < -0.4 is 5.69 Å². The highest BCUT2D eigenvalue weighted by Crippen LogP contribution is 2.14. The van der Waals surface area contributed by atoms with Crippen molar-refractivity contribution < 1.29 is 4.79 Å². The zero-order valence-corrected chi connectivity index (χ0v) is 14.5. The van der Waals surface area contributed by atoms with Gasteiger partial charge in [-0.05, 0) is 24.5 Å². The number of benzene rings is 1. The van der Waals surface area contributed by atoms with Gasteiger partial charge in [-0.3, -0.25) is 4.57 Å². The van der Waals surface area contributed by atoms with Gasteiger partial charge in [0.25, 0.3) is 0 Å². The lowest BCUT2D eigenvalue weighted by Gasteiger charge is -2.14. The average molecular weight is 349 g/mol. The third kappa shape index (κ3) is 2.81. The number of hydrogen-bond acceptors (Lipinski definition) is 4. The Morgan fingerprint density at radius 1 is 1.12 bits per heavy atom. The van der Waals surface area contributed by atoms with Crippen molar-refractivity contribution >= 4 is 29.3 Å². The van der Waals surface area contributed by atoms with Crippen LogP contribution >= 0.6 is 0 Å². The molecule has 4 rings (SSSR count). The molecule has 132 valence electrons. The molecule has 26 heavy (non-hydrogen) atoms. The number of carbonyl (C=O) groups is 1. The van der Waals surface area contributed by atoms with E-state index < -0.39 is 5.69 Å². The van der Waals surface area contributed by atoms with Gasteiger partial charge in [0.05, 0.1) is 6.20 Å². The zero-order chi connectivity index (χ0) is 18.1. The number of nitrogens with zero attached hydrogens (tertiary/aromatic N) is 5. The fourth-order valence-electron chi connectivity index (χ4n) is 3.16. The lowest BCUT2D eigenvalue weighted by Crippen LogP contribution is -2.38. The van der Waals surface area contributed by atoms with E-state index in [0.29, 0.717) is 30.1 Å². The van der Waals surface area contributed by atoms with E-state index >= 15 is 0 Å². The summed E-state index contributed by atoms with van der Waals surface area (Å²) in [6.45, 7) is 1.35. The molecule has 7 heteroatoms. The van der Waals surface area contributed by atoms with Gasteiger partial charge in [-0.1, -0.05) is 36.4 Å². The molecule has 1 aliphatic heterocycles. The molecule has 0 radical (unpaired) electrons. The first kappa shape index (κ1) is 16.3. The second-order valence-corrected chi connectivity index (χ2v) is 6.33. The van der Waals surface area contributed by atoms with Gasteiger partial charge in [0, 0.05) is 20.1 Å². The van der Waals surface area contributed by atoms with E-state index in [0.717, 1.165) is 23.0 Å². The van der Waals surface area contributed by atoms with E-state index in [1.165, 1.54) is 4.57 Å². The van der Waals surface area contributed by atoms with E-state index in [4.69, 9.17) is 0 Å². The van der Waals surface area contributed by atoms with Gasteiger partial charge in [-0.25, -0.2) is 19.6 Å². The summed E-state index contributed by atoms with van der Waals surface area (Å²) in [5.41, 5.74) is 1.52. The summed E-state index contributed by atoms with van der Waals surface area (Å²) in [6.07, 6.45) is 7.19. The number of fused-ring (bicyclic) bond motifs is 1. The molecular formula is C19H19N5O2. The molecule has 1 saturated heterocycles. The van der Waals surface area contributed by atoms with E-state index in [1.807, 2.05) is 36.4 Å². The Morgan fingerprint density at radius 3 is 2.58 bits per heavy atom. The number of amides is 1. The summed E-state index contributed by atoms with van der Waals surface area (Å²) in [4.78, 5) is 35.8. The molecule has 1 aromatic carbocycles. The Morgan fingerprint density at radius 2 is 1.85 bits per heavy atom. The first-order valence-corrected chi connectivity index (χ1v) is 8.62. The second kappa shape index (κ2) is 6.59. The quantitative estimate of drug-likeness (QED) is 0.712. The third-order valence-electron chi connectivity index (χ3n) is 4.61. The van der Waals surface area contributed by atoms with Gasteiger partial charge in [0.15, 0.2) is 11.5 Å². The molecule has 2 aromatic heterocycles. The molecule has 0 saturated carbocycles. The summed E-state index contributed by atoms with van der Waals surface area (Å²) in [6, 6.07) is 9.50.